The van der Waals surface area contributed by atoms with Crippen LogP contribution >= 0.6 is 0 Å². The minimum atomic E-state index is -2.15. The van der Waals surface area contributed by atoms with E-state index >= 15 is 0 Å². The molecule has 0 spiro atoms. The lowest BCUT2D eigenvalue weighted by molar-refractivity contribution is -0.113. The van der Waals surface area contributed by atoms with Crippen LogP contribution in [0.1, 0.15) is 36.7 Å². The Kier molecular flexibility index (Phi) is 8.52. The number of amides is 2. The Morgan fingerprint density at radius 2 is 1.51 bits per heavy atom. The van der Waals surface area contributed by atoms with Crippen molar-refractivity contribution in [2.24, 2.45) is 0 Å². The lowest BCUT2D eigenvalue weighted by atomic mass is 10.1. The van der Waals surface area contributed by atoms with E-state index in [1.165, 1.54) is 0 Å². The maximum Gasteiger partial charge on any atom is 0.273 e. The first-order valence-corrected chi connectivity index (χ1v) is 17.1. The summed E-state index contributed by atoms with van der Waals surface area (Å²) in [4.78, 5) is 26.1. The molecule has 0 aliphatic rings. The molecule has 4 aromatic carbocycles. The molecule has 220 valence electrons. The summed E-state index contributed by atoms with van der Waals surface area (Å²) in [6.07, 6.45) is 1.76. The molecule has 5 rings (SSSR count). The minimum absolute atomic E-state index is 0.0303. The molecule has 8 heteroatoms. The van der Waals surface area contributed by atoms with Crippen LogP contribution in [0.25, 0.3) is 28.0 Å². The van der Waals surface area contributed by atoms with Crippen LogP contribution in [0, 0.1) is 0 Å². The molecule has 1 aromatic heterocycles. The average molecular weight is 593 g/mol. The zero-order valence-corrected chi connectivity index (χ0v) is 26.1. The third kappa shape index (κ3) is 7.05. The van der Waals surface area contributed by atoms with E-state index in [0.29, 0.717) is 22.6 Å². The largest absolute Gasteiger partial charge is 0.489 e. The minimum Gasteiger partial charge on any atom is -0.489 e. The molecule has 0 radical (unpaired) electrons. The number of rotatable bonds is 9. The standard InChI is InChI=1S/C35H36N2O5Si/c1-35(2,3)43(4,5)42-37-34(39)25-17-15-24(16-18-25)21-26(33(38)36-27-11-7-6-8-12-27)23-40-28-19-20-32-30(22-28)29-13-9-10-14-31(29)41-32/h6-22H,23H2,1-5H3,(H,36,38)(H,37,39). The number of benzene rings is 4. The van der Waals surface area contributed by atoms with Crippen molar-refractivity contribution in [3.05, 3.63) is 114 Å². The predicted molar refractivity (Wildman–Crippen MR) is 174 cm³/mol. The molecule has 0 saturated carbocycles. The highest BCUT2D eigenvalue weighted by molar-refractivity contribution is 6.74. The van der Waals surface area contributed by atoms with Crippen molar-refractivity contribution in [1.82, 2.24) is 5.48 Å². The molecular weight excluding hydrogens is 556 g/mol. The summed E-state index contributed by atoms with van der Waals surface area (Å²) < 4.78 is 17.9. The first-order valence-electron chi connectivity index (χ1n) is 14.2. The van der Waals surface area contributed by atoms with Gasteiger partial charge in [0.25, 0.3) is 11.8 Å². The van der Waals surface area contributed by atoms with E-state index < -0.39 is 8.32 Å². The molecule has 2 N–H and O–H groups in total. The van der Waals surface area contributed by atoms with Gasteiger partial charge in [0.1, 0.15) is 23.5 Å². The number of carbonyl (C=O) groups is 2. The number of fused-ring (bicyclic) bond motifs is 3. The fourth-order valence-electron chi connectivity index (χ4n) is 4.18. The van der Waals surface area contributed by atoms with Crippen LogP contribution < -0.4 is 15.5 Å². The second kappa shape index (κ2) is 12.3. The van der Waals surface area contributed by atoms with E-state index in [1.807, 2.05) is 72.8 Å². The Hall–Kier alpha value is -4.66. The molecule has 0 saturated heterocycles. The number of hydrogen-bond acceptors (Lipinski definition) is 5. The van der Waals surface area contributed by atoms with E-state index in [0.717, 1.165) is 27.5 Å². The molecule has 1 heterocycles. The monoisotopic (exact) mass is 592 g/mol. The van der Waals surface area contributed by atoms with Gasteiger partial charge in [0.2, 0.25) is 8.32 Å². The fourth-order valence-corrected chi connectivity index (χ4v) is 4.83. The van der Waals surface area contributed by atoms with E-state index in [1.54, 1.807) is 30.3 Å². The van der Waals surface area contributed by atoms with Gasteiger partial charge in [-0.15, -0.1) is 0 Å². The fraction of sp³-hybridized carbons (Fsp3) is 0.200. The van der Waals surface area contributed by atoms with Gasteiger partial charge in [-0.2, -0.15) is 0 Å². The second-order valence-electron chi connectivity index (χ2n) is 12.0. The molecule has 0 atom stereocenters. The molecule has 2 amide bonds. The normalized spacial score (nSPS) is 12.3. The zero-order chi connectivity index (χ0) is 30.6. The van der Waals surface area contributed by atoms with Crippen molar-refractivity contribution in [3.8, 4) is 5.75 Å². The van der Waals surface area contributed by atoms with Crippen molar-refractivity contribution in [2.45, 2.75) is 38.9 Å². The quantitative estimate of drug-likeness (QED) is 0.102. The van der Waals surface area contributed by atoms with Gasteiger partial charge < -0.3 is 19.0 Å². The van der Waals surface area contributed by atoms with Gasteiger partial charge in [0.05, 0.1) is 5.57 Å². The molecule has 0 aliphatic heterocycles. The number of furan rings is 1. The van der Waals surface area contributed by atoms with Gasteiger partial charge in [-0.25, -0.2) is 5.48 Å². The van der Waals surface area contributed by atoms with Gasteiger partial charge in [-0.05, 0) is 78.3 Å². The third-order valence-corrected chi connectivity index (χ3v) is 12.0. The number of carbonyl (C=O) groups excluding carboxylic acids is 2. The maximum atomic E-state index is 13.4. The summed E-state index contributed by atoms with van der Waals surface area (Å²) in [6, 6.07) is 29.7. The van der Waals surface area contributed by atoms with Crippen molar-refractivity contribution in [2.75, 3.05) is 11.9 Å². The Morgan fingerprint density at radius 3 is 2.23 bits per heavy atom. The summed E-state index contributed by atoms with van der Waals surface area (Å²) in [6.45, 7) is 10.5. The molecule has 43 heavy (non-hydrogen) atoms. The van der Waals surface area contributed by atoms with Gasteiger partial charge in [-0.1, -0.05) is 69.3 Å². The van der Waals surface area contributed by atoms with Gasteiger partial charge in [-0.3, -0.25) is 9.59 Å². The molecule has 0 unspecified atom stereocenters. The maximum absolute atomic E-state index is 13.4. The van der Waals surface area contributed by atoms with Crippen LogP contribution in [0.15, 0.2) is 107 Å². The Labute approximate surface area is 252 Å². The molecule has 0 fully saturated rings. The number of anilines is 1. The molecule has 0 bridgehead atoms. The lowest BCUT2D eigenvalue weighted by Crippen LogP contribution is -2.46. The van der Waals surface area contributed by atoms with Crippen LogP contribution in [-0.2, 0) is 9.32 Å². The molecule has 0 aliphatic carbocycles. The summed E-state index contributed by atoms with van der Waals surface area (Å²) in [5, 5.41) is 4.85. The van der Waals surface area contributed by atoms with Gasteiger partial charge in [0.15, 0.2) is 0 Å². The van der Waals surface area contributed by atoms with E-state index in [9.17, 15) is 9.59 Å². The van der Waals surface area contributed by atoms with Crippen molar-refractivity contribution < 1.29 is 23.3 Å². The smallest absolute Gasteiger partial charge is 0.273 e. The Bertz CT molecular complexity index is 1780. The summed E-state index contributed by atoms with van der Waals surface area (Å²) >= 11 is 0. The number of para-hydroxylation sites is 2. The summed E-state index contributed by atoms with van der Waals surface area (Å²) in [5.41, 5.74) is 6.51. The zero-order valence-electron chi connectivity index (χ0n) is 25.1. The first-order chi connectivity index (χ1) is 20.5. The van der Waals surface area contributed by atoms with Gasteiger partial charge in [0, 0.05) is 22.0 Å². The Morgan fingerprint density at radius 1 is 0.837 bits per heavy atom. The van der Waals surface area contributed by atoms with Crippen LogP contribution in [0.2, 0.25) is 18.1 Å². The highest BCUT2D eigenvalue weighted by Gasteiger charge is 2.38. The Balaban J connectivity index is 1.35. The summed E-state index contributed by atoms with van der Waals surface area (Å²) in [7, 11) is -2.15. The number of nitrogens with one attached hydrogen (secondary N) is 2. The van der Waals surface area contributed by atoms with E-state index in [4.69, 9.17) is 13.7 Å². The third-order valence-electron chi connectivity index (χ3n) is 7.78. The van der Waals surface area contributed by atoms with Gasteiger partial charge >= 0.3 is 0 Å². The second-order valence-corrected chi connectivity index (χ2v) is 16.7. The number of ether oxygens (including phenoxy) is 1. The van der Waals surface area contributed by atoms with Crippen molar-refractivity contribution in [1.29, 1.82) is 0 Å². The highest BCUT2D eigenvalue weighted by Crippen LogP contribution is 2.36. The number of hydroxylamine groups is 1. The molecule has 7 nitrogen and oxygen atoms in total. The van der Waals surface area contributed by atoms with Crippen LogP contribution in [0.5, 0.6) is 5.75 Å². The topological polar surface area (TPSA) is 89.8 Å². The van der Waals surface area contributed by atoms with Crippen LogP contribution in [-0.4, -0.2) is 26.7 Å². The number of hydrogen-bond donors (Lipinski definition) is 2. The lowest BCUT2D eigenvalue weighted by Gasteiger charge is -2.35. The first kappa shape index (κ1) is 29.8. The van der Waals surface area contributed by atoms with Crippen molar-refractivity contribution in [3.63, 3.8) is 0 Å². The van der Waals surface area contributed by atoms with Crippen LogP contribution in [0.3, 0.4) is 0 Å². The molecule has 5 aromatic rings. The van der Waals surface area contributed by atoms with Crippen LogP contribution in [0.4, 0.5) is 5.69 Å². The van der Waals surface area contributed by atoms with Crippen molar-refractivity contribution >= 4 is 53.8 Å². The molecular formula is C35H36N2O5Si. The highest BCUT2D eigenvalue weighted by atomic mass is 28.4. The SMILES string of the molecule is CC(C)(C)[Si](C)(C)ONC(=O)c1ccc(C=C(COc2ccc3oc4ccccc4c3c2)C(=O)Nc2ccccc2)cc1. The predicted octanol–water partition coefficient (Wildman–Crippen LogP) is 8.35. The average Bonchev–Trinajstić information content (AvgIpc) is 3.36. The van der Waals surface area contributed by atoms with E-state index in [-0.39, 0.29) is 23.5 Å². The van der Waals surface area contributed by atoms with E-state index in [2.05, 4.69) is 44.7 Å². The summed E-state index contributed by atoms with van der Waals surface area (Å²) in [5.74, 6) is 0.0183.